The first kappa shape index (κ1) is 15.0. The first-order valence-corrected chi connectivity index (χ1v) is 7.02. The van der Waals surface area contributed by atoms with Crippen molar-refractivity contribution in [2.45, 2.75) is 19.9 Å². The predicted octanol–water partition coefficient (Wildman–Crippen LogP) is 3.12. The fraction of sp³-hybridized carbons (Fsp3) is 0.235. The number of amides is 1. The molecule has 1 amide bonds. The van der Waals surface area contributed by atoms with Gasteiger partial charge in [0, 0.05) is 17.8 Å². The number of nitrogens with one attached hydrogen (secondary N) is 2. The molecule has 0 heterocycles. The first-order chi connectivity index (χ1) is 10.2. The summed E-state index contributed by atoms with van der Waals surface area (Å²) in [4.78, 5) is 11.7. The molecule has 0 aliphatic heterocycles. The van der Waals surface area contributed by atoms with E-state index in [-0.39, 0.29) is 24.8 Å². The number of hydrogen-bond donors (Lipinski definition) is 2. The molecule has 0 fully saturated rings. The minimum atomic E-state index is -0.305. The van der Waals surface area contributed by atoms with Crippen LogP contribution in [-0.2, 0) is 17.8 Å². The zero-order valence-corrected chi connectivity index (χ0v) is 12.0. The Balaban J connectivity index is 1.78. The highest BCUT2D eigenvalue weighted by molar-refractivity contribution is 5.80. The second kappa shape index (κ2) is 7.43. The molecule has 0 unspecified atom stereocenters. The molecule has 2 N–H and O–H groups in total. The van der Waals surface area contributed by atoms with Crippen LogP contribution in [0, 0.1) is 5.82 Å². The second-order valence-electron chi connectivity index (χ2n) is 4.77. The summed E-state index contributed by atoms with van der Waals surface area (Å²) in [6.45, 7) is 2.46. The van der Waals surface area contributed by atoms with Crippen molar-refractivity contribution in [3.05, 3.63) is 65.5 Å². The maximum atomic E-state index is 13.4. The van der Waals surface area contributed by atoms with E-state index in [0.29, 0.717) is 5.56 Å². The summed E-state index contributed by atoms with van der Waals surface area (Å²) in [5.74, 6) is -0.473. The van der Waals surface area contributed by atoms with Gasteiger partial charge in [-0.25, -0.2) is 4.39 Å². The Bertz CT molecular complexity index is 596. The van der Waals surface area contributed by atoms with Crippen LogP contribution in [0.1, 0.15) is 18.1 Å². The van der Waals surface area contributed by atoms with Gasteiger partial charge in [-0.2, -0.15) is 0 Å². The van der Waals surface area contributed by atoms with Crippen LogP contribution in [0.25, 0.3) is 0 Å². The molecule has 0 aliphatic rings. The molecule has 0 bridgehead atoms. The van der Waals surface area contributed by atoms with Crippen LogP contribution < -0.4 is 10.6 Å². The quantitative estimate of drug-likeness (QED) is 0.856. The van der Waals surface area contributed by atoms with Gasteiger partial charge in [0.15, 0.2) is 0 Å². The van der Waals surface area contributed by atoms with Crippen molar-refractivity contribution < 1.29 is 9.18 Å². The Kier molecular flexibility index (Phi) is 5.32. The van der Waals surface area contributed by atoms with Crippen molar-refractivity contribution in [3.63, 3.8) is 0 Å². The van der Waals surface area contributed by atoms with Crippen LogP contribution in [0.3, 0.4) is 0 Å². The Morgan fingerprint density at radius 3 is 2.48 bits per heavy atom. The highest BCUT2D eigenvalue weighted by atomic mass is 19.1. The fourth-order valence-corrected chi connectivity index (χ4v) is 1.94. The minimum absolute atomic E-state index is 0.167. The van der Waals surface area contributed by atoms with Crippen LogP contribution in [0.5, 0.6) is 0 Å². The highest BCUT2D eigenvalue weighted by Gasteiger charge is 2.04. The molecule has 2 rings (SSSR count). The van der Waals surface area contributed by atoms with Gasteiger partial charge in [-0.05, 0) is 30.2 Å². The number of benzene rings is 2. The molecule has 0 saturated heterocycles. The number of rotatable bonds is 6. The van der Waals surface area contributed by atoms with E-state index in [1.807, 2.05) is 24.3 Å². The Morgan fingerprint density at radius 2 is 1.81 bits per heavy atom. The van der Waals surface area contributed by atoms with Gasteiger partial charge < -0.3 is 10.6 Å². The molecule has 3 nitrogen and oxygen atoms in total. The third-order valence-electron chi connectivity index (χ3n) is 3.25. The van der Waals surface area contributed by atoms with Gasteiger partial charge in [-0.15, -0.1) is 0 Å². The highest BCUT2D eigenvalue weighted by Crippen LogP contribution is 2.09. The zero-order valence-electron chi connectivity index (χ0n) is 12.0. The molecular weight excluding hydrogens is 267 g/mol. The van der Waals surface area contributed by atoms with E-state index in [9.17, 15) is 9.18 Å². The normalized spacial score (nSPS) is 10.2. The molecule has 2 aromatic rings. The largest absolute Gasteiger partial charge is 0.376 e. The molecule has 0 atom stereocenters. The topological polar surface area (TPSA) is 41.1 Å². The molecule has 2 aromatic carbocycles. The summed E-state index contributed by atoms with van der Waals surface area (Å²) in [7, 11) is 0. The molecule has 21 heavy (non-hydrogen) atoms. The van der Waals surface area contributed by atoms with Gasteiger partial charge >= 0.3 is 0 Å². The van der Waals surface area contributed by atoms with Gasteiger partial charge in [-0.3, -0.25) is 4.79 Å². The van der Waals surface area contributed by atoms with Crippen LogP contribution >= 0.6 is 0 Å². The third kappa shape index (κ3) is 4.60. The van der Waals surface area contributed by atoms with Crippen molar-refractivity contribution in [2.24, 2.45) is 0 Å². The van der Waals surface area contributed by atoms with Gasteiger partial charge in [-0.1, -0.05) is 37.3 Å². The summed E-state index contributed by atoms with van der Waals surface area (Å²) in [6.07, 6.45) is 0.989. The molecule has 0 radical (unpaired) electrons. The van der Waals surface area contributed by atoms with E-state index >= 15 is 0 Å². The number of hydrogen-bond acceptors (Lipinski definition) is 2. The van der Waals surface area contributed by atoms with E-state index in [1.165, 1.54) is 11.6 Å². The van der Waals surface area contributed by atoms with E-state index in [2.05, 4.69) is 17.6 Å². The average Bonchev–Trinajstić information content (AvgIpc) is 2.52. The molecule has 0 spiro atoms. The number of anilines is 1. The first-order valence-electron chi connectivity index (χ1n) is 7.02. The SMILES string of the molecule is CCc1ccc(NCC(=O)NCc2ccccc2F)cc1. The predicted molar refractivity (Wildman–Crippen MR) is 82.6 cm³/mol. The monoisotopic (exact) mass is 286 g/mol. The summed E-state index contributed by atoms with van der Waals surface area (Å²) in [5, 5.41) is 5.73. The fourth-order valence-electron chi connectivity index (χ4n) is 1.94. The molecule has 4 heteroatoms. The second-order valence-corrected chi connectivity index (χ2v) is 4.77. The van der Waals surface area contributed by atoms with Gasteiger partial charge in [0.05, 0.1) is 6.54 Å². The lowest BCUT2D eigenvalue weighted by Crippen LogP contribution is -2.29. The molecule has 0 aliphatic carbocycles. The summed E-state index contributed by atoms with van der Waals surface area (Å²) in [5.41, 5.74) is 2.64. The number of aryl methyl sites for hydroxylation is 1. The lowest BCUT2D eigenvalue weighted by molar-refractivity contribution is -0.119. The average molecular weight is 286 g/mol. The lowest BCUT2D eigenvalue weighted by atomic mass is 10.1. The van der Waals surface area contributed by atoms with Crippen molar-refractivity contribution in [2.75, 3.05) is 11.9 Å². The summed E-state index contributed by atoms with van der Waals surface area (Å²) < 4.78 is 13.4. The maximum absolute atomic E-state index is 13.4. The Hall–Kier alpha value is -2.36. The number of carbonyl (C=O) groups excluding carboxylic acids is 1. The van der Waals surface area contributed by atoms with Gasteiger partial charge in [0.1, 0.15) is 5.82 Å². The summed E-state index contributed by atoms with van der Waals surface area (Å²) >= 11 is 0. The van der Waals surface area contributed by atoms with Crippen molar-refractivity contribution in [1.29, 1.82) is 0 Å². The van der Waals surface area contributed by atoms with Crippen molar-refractivity contribution in [1.82, 2.24) is 5.32 Å². The van der Waals surface area contributed by atoms with Crippen molar-refractivity contribution >= 4 is 11.6 Å². The van der Waals surface area contributed by atoms with Gasteiger partial charge in [0.25, 0.3) is 0 Å². The minimum Gasteiger partial charge on any atom is -0.376 e. The molecular formula is C17H19FN2O. The Morgan fingerprint density at radius 1 is 1.10 bits per heavy atom. The van der Waals surface area contributed by atoms with Crippen LogP contribution in [0.15, 0.2) is 48.5 Å². The van der Waals surface area contributed by atoms with Crippen molar-refractivity contribution in [3.8, 4) is 0 Å². The molecule has 0 aromatic heterocycles. The standard InChI is InChI=1S/C17H19FN2O/c1-2-13-7-9-15(10-8-13)19-12-17(21)20-11-14-5-3-4-6-16(14)18/h3-10,19H,2,11-12H2,1H3,(H,20,21). The molecule has 0 saturated carbocycles. The molecule has 110 valence electrons. The van der Waals surface area contributed by atoms with E-state index in [0.717, 1.165) is 12.1 Å². The smallest absolute Gasteiger partial charge is 0.239 e. The van der Waals surface area contributed by atoms with E-state index in [1.54, 1.807) is 18.2 Å². The third-order valence-corrected chi connectivity index (χ3v) is 3.25. The zero-order chi connectivity index (χ0) is 15.1. The van der Waals surface area contributed by atoms with Gasteiger partial charge in [0.2, 0.25) is 5.91 Å². The van der Waals surface area contributed by atoms with Crippen LogP contribution in [0.4, 0.5) is 10.1 Å². The van der Waals surface area contributed by atoms with E-state index in [4.69, 9.17) is 0 Å². The van der Waals surface area contributed by atoms with E-state index < -0.39 is 0 Å². The van der Waals surface area contributed by atoms with Crippen LogP contribution in [-0.4, -0.2) is 12.5 Å². The number of halogens is 1. The lowest BCUT2D eigenvalue weighted by Gasteiger charge is -2.09. The number of carbonyl (C=O) groups is 1. The Labute approximate surface area is 124 Å². The summed E-state index contributed by atoms with van der Waals surface area (Å²) in [6, 6.07) is 14.4. The maximum Gasteiger partial charge on any atom is 0.239 e. The van der Waals surface area contributed by atoms with Crippen LogP contribution in [0.2, 0.25) is 0 Å².